The predicted octanol–water partition coefficient (Wildman–Crippen LogP) is 2.91. The van der Waals surface area contributed by atoms with Crippen LogP contribution in [-0.4, -0.2) is 38.7 Å². The summed E-state index contributed by atoms with van der Waals surface area (Å²) >= 11 is 9.32. The molecule has 0 spiro atoms. The smallest absolute Gasteiger partial charge is 0.207 e. The molecule has 1 aliphatic rings. The van der Waals surface area contributed by atoms with Crippen molar-refractivity contribution in [1.29, 1.82) is 0 Å². The van der Waals surface area contributed by atoms with E-state index in [0.29, 0.717) is 9.21 Å². The highest BCUT2D eigenvalue weighted by Gasteiger charge is 2.24. The molecule has 2 rings (SSSR count). The third-order valence-electron chi connectivity index (χ3n) is 2.73. The first-order valence-corrected chi connectivity index (χ1v) is 7.57. The van der Waals surface area contributed by atoms with Crippen LogP contribution in [0.4, 0.5) is 0 Å². The fourth-order valence-corrected chi connectivity index (χ4v) is 3.76. The van der Waals surface area contributed by atoms with Gasteiger partial charge in [-0.2, -0.15) is 11.8 Å². The van der Waals surface area contributed by atoms with Gasteiger partial charge in [-0.3, -0.25) is 4.90 Å². The Labute approximate surface area is 110 Å². The van der Waals surface area contributed by atoms with Crippen molar-refractivity contribution in [2.75, 3.05) is 18.8 Å². The Hall–Kier alpha value is 0.160. The number of hydrogen-bond donors (Lipinski definition) is 0. The average molecular weight is 278 g/mol. The molecule has 1 aromatic rings. The highest BCUT2D eigenvalue weighted by molar-refractivity contribution is 8.00. The highest BCUT2D eigenvalue weighted by atomic mass is 35.5. The zero-order chi connectivity index (χ0) is 11.6. The van der Waals surface area contributed by atoms with Gasteiger partial charge in [0.25, 0.3) is 0 Å². The van der Waals surface area contributed by atoms with Crippen molar-refractivity contribution in [3.8, 4) is 0 Å². The van der Waals surface area contributed by atoms with Gasteiger partial charge in [-0.05, 0) is 24.6 Å². The van der Waals surface area contributed by atoms with E-state index in [-0.39, 0.29) is 0 Å². The minimum Gasteiger partial charge on any atom is -0.296 e. The molecule has 0 bridgehead atoms. The van der Waals surface area contributed by atoms with E-state index < -0.39 is 0 Å². The number of hydrogen-bond acceptors (Lipinski definition) is 5. The second-order valence-electron chi connectivity index (χ2n) is 4.58. The molecule has 0 saturated carbocycles. The maximum Gasteiger partial charge on any atom is 0.207 e. The molecule has 1 fully saturated rings. The van der Waals surface area contributed by atoms with Gasteiger partial charge in [0.15, 0.2) is 0 Å². The third kappa shape index (κ3) is 3.58. The average Bonchev–Trinajstić information content (AvgIpc) is 2.52. The van der Waals surface area contributed by atoms with Gasteiger partial charge in [0.2, 0.25) is 4.47 Å². The van der Waals surface area contributed by atoms with Gasteiger partial charge < -0.3 is 0 Å². The molecular formula is C10H16ClN3S2. The maximum absolute atomic E-state index is 5.78. The Balaban J connectivity index is 1.91. The normalized spacial score (nSPS) is 21.9. The first-order valence-electron chi connectivity index (χ1n) is 5.39. The molecule has 16 heavy (non-hydrogen) atoms. The van der Waals surface area contributed by atoms with Crippen LogP contribution in [0.25, 0.3) is 0 Å². The zero-order valence-electron chi connectivity index (χ0n) is 9.57. The maximum atomic E-state index is 5.78. The summed E-state index contributed by atoms with van der Waals surface area (Å²) in [4.78, 5) is 2.44. The van der Waals surface area contributed by atoms with Crippen molar-refractivity contribution < 1.29 is 0 Å². The summed E-state index contributed by atoms with van der Waals surface area (Å²) in [6, 6.07) is 0. The summed E-state index contributed by atoms with van der Waals surface area (Å²) in [6.07, 6.45) is 1.23. The fraction of sp³-hybridized carbons (Fsp3) is 0.800. The van der Waals surface area contributed by atoms with E-state index in [2.05, 4.69) is 40.7 Å². The van der Waals surface area contributed by atoms with Crippen LogP contribution in [0, 0.1) is 0 Å². The van der Waals surface area contributed by atoms with E-state index in [1.54, 1.807) is 0 Å². The Morgan fingerprint density at radius 1 is 1.38 bits per heavy atom. The number of halogens is 1. The van der Waals surface area contributed by atoms with Gasteiger partial charge in [0.1, 0.15) is 5.01 Å². The van der Waals surface area contributed by atoms with E-state index in [4.69, 9.17) is 11.6 Å². The number of nitrogens with zero attached hydrogens (tertiary/aromatic N) is 3. The molecule has 0 radical (unpaired) electrons. The summed E-state index contributed by atoms with van der Waals surface area (Å²) < 4.78 is 0.951. The molecule has 3 nitrogen and oxygen atoms in total. The van der Waals surface area contributed by atoms with E-state index in [1.165, 1.54) is 23.5 Å². The lowest BCUT2D eigenvalue weighted by molar-refractivity contribution is 0.275. The Bertz CT molecular complexity index is 354. The summed E-state index contributed by atoms with van der Waals surface area (Å²) in [5.41, 5.74) is 0. The van der Waals surface area contributed by atoms with E-state index in [9.17, 15) is 0 Å². The van der Waals surface area contributed by atoms with E-state index >= 15 is 0 Å². The molecule has 90 valence electrons. The van der Waals surface area contributed by atoms with Crippen molar-refractivity contribution in [3.63, 3.8) is 0 Å². The molecule has 1 aliphatic heterocycles. The van der Waals surface area contributed by atoms with Gasteiger partial charge in [-0.1, -0.05) is 25.2 Å². The molecule has 0 aromatic carbocycles. The monoisotopic (exact) mass is 277 g/mol. The van der Waals surface area contributed by atoms with Gasteiger partial charge in [0, 0.05) is 17.0 Å². The summed E-state index contributed by atoms with van der Waals surface area (Å²) in [7, 11) is 0. The minimum atomic E-state index is 0.410. The van der Waals surface area contributed by atoms with Crippen molar-refractivity contribution >= 4 is 34.7 Å². The van der Waals surface area contributed by atoms with Gasteiger partial charge in [0.05, 0.1) is 6.54 Å². The van der Waals surface area contributed by atoms with Crippen LogP contribution in [0.2, 0.25) is 4.47 Å². The molecule has 0 amide bonds. The zero-order valence-corrected chi connectivity index (χ0v) is 12.0. The second kappa shape index (κ2) is 5.21. The Morgan fingerprint density at radius 2 is 2.19 bits per heavy atom. The van der Waals surface area contributed by atoms with Crippen LogP contribution in [0.1, 0.15) is 25.3 Å². The van der Waals surface area contributed by atoms with Crippen LogP contribution in [0.15, 0.2) is 0 Å². The highest BCUT2D eigenvalue weighted by Crippen LogP contribution is 2.31. The summed E-state index contributed by atoms with van der Waals surface area (Å²) in [6.45, 7) is 7.80. The lowest BCUT2D eigenvalue weighted by Crippen LogP contribution is -2.26. The van der Waals surface area contributed by atoms with Crippen LogP contribution in [0.3, 0.4) is 0 Å². The molecule has 6 heteroatoms. The van der Waals surface area contributed by atoms with Crippen LogP contribution < -0.4 is 0 Å². The molecule has 2 heterocycles. The molecular weight excluding hydrogens is 262 g/mol. The standard InChI is InChI=1S/C10H16ClN3S2/c1-10(2)3-4-14(5-6-15-10)7-8-12-13-9(11)16-8/h3-7H2,1-2H3. The van der Waals surface area contributed by atoms with Crippen LogP contribution in [0.5, 0.6) is 0 Å². The predicted molar refractivity (Wildman–Crippen MR) is 71.4 cm³/mol. The van der Waals surface area contributed by atoms with Crippen molar-refractivity contribution in [2.24, 2.45) is 0 Å². The number of thioether (sulfide) groups is 1. The van der Waals surface area contributed by atoms with Crippen molar-refractivity contribution in [2.45, 2.75) is 31.6 Å². The van der Waals surface area contributed by atoms with Crippen LogP contribution in [-0.2, 0) is 6.54 Å². The molecule has 0 aliphatic carbocycles. The van der Waals surface area contributed by atoms with Gasteiger partial charge in [-0.25, -0.2) is 0 Å². The first kappa shape index (κ1) is 12.6. The van der Waals surface area contributed by atoms with Crippen molar-refractivity contribution in [1.82, 2.24) is 15.1 Å². The Morgan fingerprint density at radius 3 is 2.88 bits per heavy atom. The molecule has 0 unspecified atom stereocenters. The Kier molecular flexibility index (Phi) is 4.11. The molecule has 1 saturated heterocycles. The number of aromatic nitrogens is 2. The van der Waals surface area contributed by atoms with Crippen LogP contribution >= 0.6 is 34.7 Å². The SMILES string of the molecule is CC1(C)CCN(Cc2nnc(Cl)s2)CCS1. The third-order valence-corrected chi connectivity index (χ3v) is 5.11. The van der Waals surface area contributed by atoms with E-state index in [0.717, 1.165) is 24.6 Å². The van der Waals surface area contributed by atoms with Gasteiger partial charge >= 0.3 is 0 Å². The lowest BCUT2D eigenvalue weighted by Gasteiger charge is -2.21. The largest absolute Gasteiger partial charge is 0.296 e. The second-order valence-corrected chi connectivity index (χ2v) is 8.03. The topological polar surface area (TPSA) is 29.0 Å². The number of rotatable bonds is 2. The van der Waals surface area contributed by atoms with E-state index in [1.807, 2.05) is 0 Å². The first-order chi connectivity index (χ1) is 7.55. The minimum absolute atomic E-state index is 0.410. The molecule has 1 aromatic heterocycles. The fourth-order valence-electron chi connectivity index (χ4n) is 1.71. The molecule has 0 N–H and O–H groups in total. The quantitative estimate of drug-likeness (QED) is 0.831. The molecule has 0 atom stereocenters. The summed E-state index contributed by atoms with van der Waals surface area (Å²) in [5.74, 6) is 1.19. The summed E-state index contributed by atoms with van der Waals surface area (Å²) in [5, 5.41) is 8.92. The lowest BCUT2D eigenvalue weighted by atomic mass is 10.1. The van der Waals surface area contributed by atoms with Crippen molar-refractivity contribution in [3.05, 3.63) is 9.47 Å². The van der Waals surface area contributed by atoms with Gasteiger partial charge in [-0.15, -0.1) is 10.2 Å².